The number of hydrogen-bond donors (Lipinski definition) is 1. The number of benzene rings is 3. The Kier molecular flexibility index (Phi) is 4.82. The zero-order valence-electron chi connectivity index (χ0n) is 14.5. The van der Waals surface area contributed by atoms with Crippen LogP contribution in [-0.2, 0) is 21.2 Å². The first-order valence-corrected chi connectivity index (χ1v) is 10.8. The molecule has 0 spiro atoms. The monoisotopic (exact) mass is 413 g/mol. The van der Waals surface area contributed by atoms with Crippen molar-refractivity contribution in [3.05, 3.63) is 72.3 Å². The molecule has 6 nitrogen and oxygen atoms in total. The highest BCUT2D eigenvalue weighted by Crippen LogP contribution is 2.31. The van der Waals surface area contributed by atoms with E-state index in [0.717, 1.165) is 10.9 Å². The fourth-order valence-electron chi connectivity index (χ4n) is 2.88. The van der Waals surface area contributed by atoms with Crippen LogP contribution in [0, 0.1) is 0 Å². The van der Waals surface area contributed by atoms with Gasteiger partial charge in [-0.05, 0) is 52.4 Å². The Bertz CT molecular complexity index is 1180. The van der Waals surface area contributed by atoms with Crippen molar-refractivity contribution in [3.8, 4) is 5.75 Å². The highest BCUT2D eigenvalue weighted by atomic mass is 32.3. The lowest BCUT2D eigenvalue weighted by atomic mass is 10.1. The van der Waals surface area contributed by atoms with Crippen molar-refractivity contribution >= 4 is 43.5 Å². The summed E-state index contributed by atoms with van der Waals surface area (Å²) in [6.07, 6.45) is 0. The number of carbonyl (C=O) groups excluding carboxylic acids is 2. The fraction of sp³-hybridized carbons (Fsp3) is 0.100. The van der Waals surface area contributed by atoms with E-state index in [0.29, 0.717) is 29.5 Å². The minimum absolute atomic E-state index is 0.000281. The smallest absolute Gasteiger partial charge is 0.287 e. The van der Waals surface area contributed by atoms with E-state index < -0.39 is 25.6 Å². The van der Waals surface area contributed by atoms with E-state index in [1.54, 1.807) is 18.2 Å². The van der Waals surface area contributed by atoms with Crippen LogP contribution in [-0.4, -0.2) is 24.1 Å². The molecule has 142 valence electrons. The van der Waals surface area contributed by atoms with Crippen LogP contribution in [0.5, 0.6) is 5.75 Å². The highest BCUT2D eigenvalue weighted by Gasteiger charge is 2.42. The predicted octanol–water partition coefficient (Wildman–Crippen LogP) is 3.50. The quantitative estimate of drug-likeness (QED) is 0.689. The van der Waals surface area contributed by atoms with Gasteiger partial charge in [-0.25, -0.2) is 8.42 Å². The number of imide groups is 1. The molecule has 1 fully saturated rings. The summed E-state index contributed by atoms with van der Waals surface area (Å²) in [6, 6.07) is 19.7. The molecule has 8 heteroatoms. The summed E-state index contributed by atoms with van der Waals surface area (Å²) in [5.74, 6) is -0.136. The molecule has 0 radical (unpaired) electrons. The molecule has 0 bridgehead atoms. The summed E-state index contributed by atoms with van der Waals surface area (Å²) in [6.45, 7) is 0.431. The molecule has 2 amide bonds. The molecule has 1 aliphatic heterocycles. The van der Waals surface area contributed by atoms with Crippen molar-refractivity contribution in [3.63, 3.8) is 0 Å². The molecule has 3 aromatic rings. The van der Waals surface area contributed by atoms with Gasteiger partial charge in [0.15, 0.2) is 14.4 Å². The van der Waals surface area contributed by atoms with Gasteiger partial charge in [0.1, 0.15) is 12.4 Å². The van der Waals surface area contributed by atoms with Gasteiger partial charge in [-0.15, -0.1) is 0 Å². The van der Waals surface area contributed by atoms with Crippen LogP contribution in [0.4, 0.5) is 4.79 Å². The zero-order valence-corrected chi connectivity index (χ0v) is 16.1. The molecule has 28 heavy (non-hydrogen) atoms. The standard InChI is InChI=1S/C20H15NO5S2/c22-18-19(27-20(23)21-18)28(24,25)17-9-7-14-10-16(8-6-15(14)11-17)26-12-13-4-2-1-3-5-13/h1-11,19H,12H2,(H,21,22,23). The number of sulfone groups is 1. The number of thioether (sulfide) groups is 1. The van der Waals surface area contributed by atoms with Gasteiger partial charge < -0.3 is 4.74 Å². The van der Waals surface area contributed by atoms with Crippen molar-refractivity contribution in [1.29, 1.82) is 0 Å². The lowest BCUT2D eigenvalue weighted by Gasteiger charge is -2.10. The number of rotatable bonds is 5. The second-order valence-electron chi connectivity index (χ2n) is 6.22. The van der Waals surface area contributed by atoms with Gasteiger partial charge in [-0.2, -0.15) is 0 Å². The van der Waals surface area contributed by atoms with Gasteiger partial charge in [-0.3, -0.25) is 14.9 Å². The molecule has 1 N–H and O–H groups in total. The molecular weight excluding hydrogens is 398 g/mol. The largest absolute Gasteiger partial charge is 0.489 e. The molecule has 1 atom stereocenters. The van der Waals surface area contributed by atoms with E-state index in [9.17, 15) is 18.0 Å². The van der Waals surface area contributed by atoms with Crippen molar-refractivity contribution in [2.45, 2.75) is 16.1 Å². The topological polar surface area (TPSA) is 89.5 Å². The molecule has 1 unspecified atom stereocenters. The van der Waals surface area contributed by atoms with Crippen LogP contribution in [0.3, 0.4) is 0 Å². The zero-order chi connectivity index (χ0) is 19.7. The van der Waals surface area contributed by atoms with E-state index >= 15 is 0 Å². The Morgan fingerprint density at radius 1 is 0.929 bits per heavy atom. The van der Waals surface area contributed by atoms with E-state index in [1.807, 2.05) is 41.7 Å². The molecular formula is C20H15NO5S2. The van der Waals surface area contributed by atoms with Crippen LogP contribution in [0.1, 0.15) is 5.56 Å². The lowest BCUT2D eigenvalue weighted by molar-refractivity contribution is -0.117. The summed E-state index contributed by atoms with van der Waals surface area (Å²) >= 11 is 0.480. The Morgan fingerprint density at radius 3 is 2.36 bits per heavy atom. The van der Waals surface area contributed by atoms with E-state index in [2.05, 4.69) is 0 Å². The fourth-order valence-corrected chi connectivity index (χ4v) is 5.64. The molecule has 0 aromatic heterocycles. The maximum absolute atomic E-state index is 12.7. The average molecular weight is 413 g/mol. The lowest BCUT2D eigenvalue weighted by Crippen LogP contribution is -2.30. The second kappa shape index (κ2) is 7.29. The molecule has 0 aliphatic carbocycles. The maximum Gasteiger partial charge on any atom is 0.287 e. The minimum atomic E-state index is -3.97. The van der Waals surface area contributed by atoms with Gasteiger partial charge >= 0.3 is 0 Å². The SMILES string of the molecule is O=C1NC(=O)C(S(=O)(=O)c2ccc3cc(OCc4ccccc4)ccc3c2)S1. The normalized spacial score (nSPS) is 16.9. The minimum Gasteiger partial charge on any atom is -0.489 e. The van der Waals surface area contributed by atoms with Crippen LogP contribution in [0.25, 0.3) is 10.8 Å². The third-order valence-corrected chi connectivity index (χ3v) is 7.78. The number of ether oxygens (including phenoxy) is 1. The molecule has 4 rings (SSSR count). The third-order valence-electron chi connectivity index (χ3n) is 4.30. The number of carbonyl (C=O) groups is 2. The molecule has 0 saturated carbocycles. The van der Waals surface area contributed by atoms with Gasteiger partial charge in [0.05, 0.1) is 4.90 Å². The first-order chi connectivity index (χ1) is 13.4. The summed E-state index contributed by atoms with van der Waals surface area (Å²) < 4.78 is 29.7. The third kappa shape index (κ3) is 3.61. The first-order valence-electron chi connectivity index (χ1n) is 8.39. The molecule has 1 saturated heterocycles. The summed E-state index contributed by atoms with van der Waals surface area (Å²) in [5.41, 5.74) is 1.05. The van der Waals surface area contributed by atoms with Gasteiger partial charge in [-0.1, -0.05) is 42.5 Å². The van der Waals surface area contributed by atoms with Gasteiger partial charge in [0.25, 0.3) is 11.1 Å². The van der Waals surface area contributed by atoms with Crippen LogP contribution < -0.4 is 10.1 Å². The predicted molar refractivity (Wildman–Crippen MR) is 107 cm³/mol. The van der Waals surface area contributed by atoms with Gasteiger partial charge in [0, 0.05) is 0 Å². The van der Waals surface area contributed by atoms with Crippen LogP contribution >= 0.6 is 11.8 Å². The number of fused-ring (bicyclic) bond motifs is 1. The Hall–Kier alpha value is -2.84. The highest BCUT2D eigenvalue weighted by molar-refractivity contribution is 8.24. The number of nitrogens with one attached hydrogen (secondary N) is 1. The average Bonchev–Trinajstić information content (AvgIpc) is 3.05. The summed E-state index contributed by atoms with van der Waals surface area (Å²) in [7, 11) is -3.97. The Labute approximate surface area is 165 Å². The summed E-state index contributed by atoms with van der Waals surface area (Å²) in [4.78, 5) is 23.1. The summed E-state index contributed by atoms with van der Waals surface area (Å²) in [5, 5.41) is 2.86. The molecule has 1 aliphatic rings. The van der Waals surface area contributed by atoms with Crippen LogP contribution in [0.2, 0.25) is 0 Å². The first kappa shape index (κ1) is 18.5. The number of hydrogen-bond acceptors (Lipinski definition) is 6. The van der Waals surface area contributed by atoms with Crippen LogP contribution in [0.15, 0.2) is 71.6 Å². The van der Waals surface area contributed by atoms with Crippen molar-refractivity contribution < 1.29 is 22.7 Å². The molecule has 1 heterocycles. The van der Waals surface area contributed by atoms with E-state index in [-0.39, 0.29) is 4.90 Å². The Morgan fingerprint density at radius 2 is 1.64 bits per heavy atom. The Balaban J connectivity index is 1.58. The maximum atomic E-state index is 12.7. The van der Waals surface area contributed by atoms with Crippen molar-refractivity contribution in [2.24, 2.45) is 0 Å². The van der Waals surface area contributed by atoms with E-state index in [4.69, 9.17) is 4.74 Å². The number of amides is 2. The van der Waals surface area contributed by atoms with E-state index in [1.165, 1.54) is 12.1 Å². The van der Waals surface area contributed by atoms with Gasteiger partial charge in [0.2, 0.25) is 0 Å². The van der Waals surface area contributed by atoms with Crippen molar-refractivity contribution in [2.75, 3.05) is 0 Å². The van der Waals surface area contributed by atoms with Crippen molar-refractivity contribution in [1.82, 2.24) is 5.32 Å². The second-order valence-corrected chi connectivity index (χ2v) is 9.63. The molecule has 3 aromatic carbocycles.